The first-order valence-corrected chi connectivity index (χ1v) is 15.3. The standard InChI is InChI=1S/C41H28N4/c1-2-13-29(14-3-1)39-42-40(44-41(43-39)32-22-21-27-11-4-5-15-30(27)25-32)31-16-10-17-33(26-31)45-36-20-9-8-19-35(36)38-34-18-7-6-12-28(34)23-24-37(38)45/h1-26,40H,(H,42,43,44). The number of aliphatic imine (C=N–C) groups is 2. The largest absolute Gasteiger partial charge is 0.324 e. The molecule has 0 amide bonds. The van der Waals surface area contributed by atoms with E-state index in [0.29, 0.717) is 0 Å². The summed E-state index contributed by atoms with van der Waals surface area (Å²) < 4.78 is 2.37. The van der Waals surface area contributed by atoms with Gasteiger partial charge in [0.25, 0.3) is 0 Å². The molecule has 1 aromatic heterocycles. The summed E-state index contributed by atoms with van der Waals surface area (Å²) in [4.78, 5) is 10.4. The van der Waals surface area contributed by atoms with Crippen LogP contribution in [0.2, 0.25) is 0 Å². The van der Waals surface area contributed by atoms with Crippen molar-refractivity contribution in [3.63, 3.8) is 0 Å². The van der Waals surface area contributed by atoms with Crippen molar-refractivity contribution in [3.8, 4) is 5.69 Å². The number of nitrogens with one attached hydrogen (secondary N) is 1. The summed E-state index contributed by atoms with van der Waals surface area (Å²) in [6.45, 7) is 0. The van der Waals surface area contributed by atoms with Gasteiger partial charge in [-0.15, -0.1) is 0 Å². The summed E-state index contributed by atoms with van der Waals surface area (Å²) in [6, 6.07) is 55.7. The predicted molar refractivity (Wildman–Crippen MR) is 188 cm³/mol. The molecule has 4 nitrogen and oxygen atoms in total. The van der Waals surface area contributed by atoms with Gasteiger partial charge in [-0.25, -0.2) is 9.98 Å². The van der Waals surface area contributed by atoms with Crippen molar-refractivity contribution < 1.29 is 0 Å². The minimum Gasteiger partial charge on any atom is -0.324 e. The molecule has 0 bridgehead atoms. The molecule has 2 heterocycles. The van der Waals surface area contributed by atoms with Crippen molar-refractivity contribution in [1.82, 2.24) is 9.88 Å². The first kappa shape index (κ1) is 25.5. The molecule has 0 saturated carbocycles. The maximum atomic E-state index is 5.20. The van der Waals surface area contributed by atoms with Gasteiger partial charge >= 0.3 is 0 Å². The van der Waals surface area contributed by atoms with Crippen LogP contribution in [0.4, 0.5) is 0 Å². The van der Waals surface area contributed by atoms with E-state index >= 15 is 0 Å². The molecular formula is C41H28N4. The summed E-state index contributed by atoms with van der Waals surface area (Å²) >= 11 is 0. The zero-order valence-corrected chi connectivity index (χ0v) is 24.4. The van der Waals surface area contributed by atoms with E-state index in [1.807, 2.05) is 18.2 Å². The molecule has 0 radical (unpaired) electrons. The molecule has 1 aliphatic heterocycles. The molecule has 0 fully saturated rings. The van der Waals surface area contributed by atoms with Gasteiger partial charge in [-0.3, -0.25) is 0 Å². The monoisotopic (exact) mass is 576 g/mol. The van der Waals surface area contributed by atoms with Crippen LogP contribution in [0.25, 0.3) is 49.0 Å². The maximum absolute atomic E-state index is 5.20. The Morgan fingerprint density at radius 2 is 1.16 bits per heavy atom. The van der Waals surface area contributed by atoms with E-state index in [1.165, 1.54) is 43.4 Å². The molecule has 45 heavy (non-hydrogen) atoms. The number of rotatable bonds is 4. The number of hydrogen-bond acceptors (Lipinski definition) is 3. The molecule has 1 unspecified atom stereocenters. The van der Waals surface area contributed by atoms with Gasteiger partial charge in [0.15, 0.2) is 6.17 Å². The Hall–Kier alpha value is -6.00. The minimum absolute atomic E-state index is 0.406. The summed E-state index contributed by atoms with van der Waals surface area (Å²) in [7, 11) is 0. The highest BCUT2D eigenvalue weighted by Gasteiger charge is 2.22. The van der Waals surface area contributed by atoms with Crippen molar-refractivity contribution in [1.29, 1.82) is 0 Å². The molecule has 4 heteroatoms. The van der Waals surface area contributed by atoms with Gasteiger partial charge in [-0.2, -0.15) is 0 Å². The van der Waals surface area contributed by atoms with E-state index in [-0.39, 0.29) is 0 Å². The Kier molecular flexibility index (Phi) is 5.85. The molecule has 0 spiro atoms. The number of hydrogen-bond donors (Lipinski definition) is 1. The number of amidine groups is 2. The number of nitrogens with zero attached hydrogens (tertiary/aromatic N) is 3. The van der Waals surface area contributed by atoms with Gasteiger partial charge < -0.3 is 9.88 Å². The molecule has 212 valence electrons. The summed E-state index contributed by atoms with van der Waals surface area (Å²) in [5, 5.41) is 11.0. The zero-order chi connectivity index (χ0) is 29.7. The van der Waals surface area contributed by atoms with E-state index in [4.69, 9.17) is 9.98 Å². The third-order valence-electron chi connectivity index (χ3n) is 8.80. The Morgan fingerprint density at radius 3 is 2.02 bits per heavy atom. The van der Waals surface area contributed by atoms with Crippen LogP contribution in [-0.4, -0.2) is 16.2 Å². The number of para-hydroxylation sites is 1. The molecule has 9 rings (SSSR count). The zero-order valence-electron chi connectivity index (χ0n) is 24.4. The Balaban J connectivity index is 1.22. The van der Waals surface area contributed by atoms with Crippen molar-refractivity contribution in [3.05, 3.63) is 174 Å². The first-order chi connectivity index (χ1) is 22.3. The topological polar surface area (TPSA) is 41.7 Å². The van der Waals surface area contributed by atoms with Crippen molar-refractivity contribution in [2.24, 2.45) is 9.98 Å². The van der Waals surface area contributed by atoms with Crippen LogP contribution in [0.5, 0.6) is 0 Å². The molecule has 1 aliphatic rings. The van der Waals surface area contributed by atoms with Crippen molar-refractivity contribution >= 4 is 55.0 Å². The highest BCUT2D eigenvalue weighted by Crippen LogP contribution is 2.37. The first-order valence-electron chi connectivity index (χ1n) is 15.3. The Morgan fingerprint density at radius 1 is 0.467 bits per heavy atom. The lowest BCUT2D eigenvalue weighted by Crippen LogP contribution is -2.36. The van der Waals surface area contributed by atoms with Gasteiger partial charge in [0, 0.05) is 33.2 Å². The Bertz CT molecular complexity index is 2470. The lowest BCUT2D eigenvalue weighted by Gasteiger charge is -2.23. The van der Waals surface area contributed by atoms with Crippen LogP contribution >= 0.6 is 0 Å². The van der Waals surface area contributed by atoms with E-state index in [2.05, 4.69) is 149 Å². The fourth-order valence-corrected chi connectivity index (χ4v) is 6.67. The fraction of sp³-hybridized carbons (Fsp3) is 0.0244. The number of aromatic nitrogens is 1. The second-order valence-electron chi connectivity index (χ2n) is 11.5. The number of benzene rings is 7. The second kappa shape index (κ2) is 10.3. The summed E-state index contributed by atoms with van der Waals surface area (Å²) in [5.41, 5.74) is 6.55. The van der Waals surface area contributed by atoms with E-state index in [1.54, 1.807) is 0 Å². The van der Waals surface area contributed by atoms with Crippen molar-refractivity contribution in [2.75, 3.05) is 0 Å². The van der Waals surface area contributed by atoms with Gasteiger partial charge in [0.2, 0.25) is 0 Å². The number of fused-ring (bicyclic) bond motifs is 6. The molecule has 0 saturated heterocycles. The highest BCUT2D eigenvalue weighted by molar-refractivity contribution is 6.21. The van der Waals surface area contributed by atoms with Crippen LogP contribution < -0.4 is 5.32 Å². The third kappa shape index (κ3) is 4.30. The van der Waals surface area contributed by atoms with Crippen molar-refractivity contribution in [2.45, 2.75) is 6.17 Å². The summed E-state index contributed by atoms with van der Waals surface area (Å²) in [5.74, 6) is 1.63. The predicted octanol–water partition coefficient (Wildman–Crippen LogP) is 9.59. The molecule has 1 atom stereocenters. The quantitative estimate of drug-likeness (QED) is 0.223. The summed E-state index contributed by atoms with van der Waals surface area (Å²) in [6.07, 6.45) is -0.406. The SMILES string of the molecule is c1ccc(C2=NC(c3cccc(-n4c5ccccc5c5c6ccccc6ccc54)c3)N=C(c3ccc4ccccc4c3)N2)cc1. The van der Waals surface area contributed by atoms with E-state index in [0.717, 1.165) is 34.0 Å². The smallest absolute Gasteiger partial charge is 0.169 e. The van der Waals surface area contributed by atoms with Gasteiger partial charge in [0.1, 0.15) is 11.7 Å². The fourth-order valence-electron chi connectivity index (χ4n) is 6.67. The molecular weight excluding hydrogens is 548 g/mol. The highest BCUT2D eigenvalue weighted by atomic mass is 15.2. The minimum atomic E-state index is -0.406. The van der Waals surface area contributed by atoms with Crippen LogP contribution in [0.1, 0.15) is 22.9 Å². The van der Waals surface area contributed by atoms with E-state index in [9.17, 15) is 0 Å². The van der Waals surface area contributed by atoms with Gasteiger partial charge in [0.05, 0.1) is 11.0 Å². The average Bonchev–Trinajstić information content (AvgIpc) is 3.46. The van der Waals surface area contributed by atoms with Crippen LogP contribution in [0, 0.1) is 0 Å². The molecule has 1 N–H and O–H groups in total. The van der Waals surface area contributed by atoms with Crippen LogP contribution in [0.3, 0.4) is 0 Å². The third-order valence-corrected chi connectivity index (χ3v) is 8.80. The van der Waals surface area contributed by atoms with Crippen LogP contribution in [0.15, 0.2) is 168 Å². The Labute approximate surface area is 260 Å². The molecule has 0 aliphatic carbocycles. The second-order valence-corrected chi connectivity index (χ2v) is 11.5. The van der Waals surface area contributed by atoms with Gasteiger partial charge in [-0.1, -0.05) is 127 Å². The molecule has 7 aromatic carbocycles. The molecule has 8 aromatic rings. The van der Waals surface area contributed by atoms with Crippen LogP contribution in [-0.2, 0) is 0 Å². The normalized spacial score (nSPS) is 14.9. The van der Waals surface area contributed by atoms with Gasteiger partial charge in [-0.05, 0) is 51.9 Å². The van der Waals surface area contributed by atoms with E-state index < -0.39 is 6.17 Å². The maximum Gasteiger partial charge on any atom is 0.169 e. The lowest BCUT2D eigenvalue weighted by molar-refractivity contribution is 0.755. The average molecular weight is 577 g/mol. The lowest BCUT2D eigenvalue weighted by atomic mass is 10.0.